The van der Waals surface area contributed by atoms with Gasteiger partial charge in [0.25, 0.3) is 0 Å². The van der Waals surface area contributed by atoms with Crippen molar-refractivity contribution in [2.24, 2.45) is 0 Å². The van der Waals surface area contributed by atoms with E-state index in [0.717, 1.165) is 6.07 Å². The fourth-order valence-electron chi connectivity index (χ4n) is 1.83. The fraction of sp³-hybridized carbons (Fsp3) is 0.133. The normalized spacial score (nSPS) is 11.8. The molecule has 0 heterocycles. The summed E-state index contributed by atoms with van der Waals surface area (Å²) < 4.78 is 18.5. The molecule has 1 unspecified atom stereocenters. The van der Waals surface area contributed by atoms with Crippen molar-refractivity contribution >= 4 is 23.3 Å². The molecule has 6 heteroatoms. The molecular weight excluding hydrogens is 297 g/mol. The minimum absolute atomic E-state index is 0.0488. The smallest absolute Gasteiger partial charge is 0.330 e. The van der Waals surface area contributed by atoms with Crippen LogP contribution in [0.2, 0.25) is 5.02 Å². The highest BCUT2D eigenvalue weighted by Crippen LogP contribution is 2.25. The van der Waals surface area contributed by atoms with Crippen molar-refractivity contribution in [2.45, 2.75) is 6.04 Å². The number of halogens is 2. The Kier molecular flexibility index (Phi) is 4.65. The molecule has 2 N–H and O–H groups in total. The zero-order chi connectivity index (χ0) is 15.4. The number of benzene rings is 2. The van der Waals surface area contributed by atoms with Gasteiger partial charge in [0.15, 0.2) is 6.04 Å². The summed E-state index contributed by atoms with van der Waals surface area (Å²) in [5.41, 5.74) is 0.860. The summed E-state index contributed by atoms with van der Waals surface area (Å²) >= 11 is 5.60. The molecule has 0 aliphatic carbocycles. The van der Waals surface area contributed by atoms with Gasteiger partial charge < -0.3 is 15.2 Å². The number of nitrogens with one attached hydrogen (secondary N) is 1. The van der Waals surface area contributed by atoms with Crippen molar-refractivity contribution < 1.29 is 19.0 Å². The SMILES string of the molecule is COc1ccc(NC(C(=O)O)c2ccc(Cl)c(F)c2)cc1. The first-order chi connectivity index (χ1) is 10.0. The minimum atomic E-state index is -1.12. The van der Waals surface area contributed by atoms with E-state index in [-0.39, 0.29) is 10.6 Å². The molecule has 110 valence electrons. The van der Waals surface area contributed by atoms with E-state index in [1.165, 1.54) is 12.1 Å². The summed E-state index contributed by atoms with van der Waals surface area (Å²) in [7, 11) is 1.54. The molecule has 0 spiro atoms. The first-order valence-corrected chi connectivity index (χ1v) is 6.47. The molecule has 1 atom stereocenters. The largest absolute Gasteiger partial charge is 0.497 e. The number of carboxylic acids is 1. The molecule has 4 nitrogen and oxygen atoms in total. The summed E-state index contributed by atoms with van der Waals surface area (Å²) in [6, 6.07) is 9.59. The fourth-order valence-corrected chi connectivity index (χ4v) is 1.95. The Morgan fingerprint density at radius 1 is 1.29 bits per heavy atom. The summed E-state index contributed by atoms with van der Waals surface area (Å²) in [6.45, 7) is 0. The van der Waals surface area contributed by atoms with Crippen molar-refractivity contribution in [3.63, 3.8) is 0 Å². The molecule has 0 bridgehead atoms. The molecule has 2 aromatic carbocycles. The van der Waals surface area contributed by atoms with E-state index < -0.39 is 17.8 Å². The van der Waals surface area contributed by atoms with E-state index in [1.54, 1.807) is 31.4 Å². The van der Waals surface area contributed by atoms with Gasteiger partial charge >= 0.3 is 5.97 Å². The van der Waals surface area contributed by atoms with Crippen molar-refractivity contribution in [2.75, 3.05) is 12.4 Å². The van der Waals surface area contributed by atoms with Crippen LogP contribution >= 0.6 is 11.6 Å². The van der Waals surface area contributed by atoms with Crippen LogP contribution in [0.4, 0.5) is 10.1 Å². The molecule has 0 aliphatic rings. The monoisotopic (exact) mass is 309 g/mol. The van der Waals surface area contributed by atoms with Crippen LogP contribution < -0.4 is 10.1 Å². The number of anilines is 1. The highest BCUT2D eigenvalue weighted by Gasteiger charge is 2.20. The van der Waals surface area contributed by atoms with Crippen LogP contribution in [0.15, 0.2) is 42.5 Å². The Morgan fingerprint density at radius 2 is 1.95 bits per heavy atom. The molecule has 2 rings (SSSR count). The lowest BCUT2D eigenvalue weighted by Gasteiger charge is -2.16. The third kappa shape index (κ3) is 3.64. The number of ether oxygens (including phenoxy) is 1. The Balaban J connectivity index is 2.26. The van der Waals surface area contributed by atoms with Gasteiger partial charge in [-0.1, -0.05) is 17.7 Å². The highest BCUT2D eigenvalue weighted by molar-refractivity contribution is 6.30. The van der Waals surface area contributed by atoms with Gasteiger partial charge in [-0.3, -0.25) is 0 Å². The molecule has 0 aliphatic heterocycles. The van der Waals surface area contributed by atoms with Crippen LogP contribution in [-0.4, -0.2) is 18.2 Å². The van der Waals surface area contributed by atoms with Gasteiger partial charge in [0.2, 0.25) is 0 Å². The number of hydrogen-bond acceptors (Lipinski definition) is 3. The van der Waals surface area contributed by atoms with Crippen LogP contribution in [0.5, 0.6) is 5.75 Å². The van der Waals surface area contributed by atoms with E-state index in [2.05, 4.69) is 5.32 Å². The Morgan fingerprint density at radius 3 is 2.48 bits per heavy atom. The predicted molar refractivity (Wildman–Crippen MR) is 78.4 cm³/mol. The van der Waals surface area contributed by atoms with Gasteiger partial charge in [-0.15, -0.1) is 0 Å². The van der Waals surface area contributed by atoms with Gasteiger partial charge in [-0.25, -0.2) is 9.18 Å². The first kappa shape index (κ1) is 15.1. The lowest BCUT2D eigenvalue weighted by atomic mass is 10.1. The van der Waals surface area contributed by atoms with E-state index in [1.807, 2.05) is 0 Å². The Hall–Kier alpha value is -2.27. The average molecular weight is 310 g/mol. The molecule has 0 saturated carbocycles. The number of aliphatic carboxylic acids is 1. The molecule has 0 saturated heterocycles. The number of carboxylic acid groups (broad SMARTS) is 1. The topological polar surface area (TPSA) is 58.6 Å². The third-order valence-electron chi connectivity index (χ3n) is 2.92. The maximum atomic E-state index is 13.5. The first-order valence-electron chi connectivity index (χ1n) is 6.09. The number of carbonyl (C=O) groups is 1. The van der Waals surface area contributed by atoms with Crippen molar-refractivity contribution in [3.8, 4) is 5.75 Å². The highest BCUT2D eigenvalue weighted by atomic mass is 35.5. The second kappa shape index (κ2) is 6.45. The molecule has 0 aromatic heterocycles. The van der Waals surface area contributed by atoms with Gasteiger partial charge in [0.05, 0.1) is 12.1 Å². The zero-order valence-electron chi connectivity index (χ0n) is 11.1. The number of rotatable bonds is 5. The van der Waals surface area contributed by atoms with Crippen molar-refractivity contribution in [3.05, 3.63) is 58.9 Å². The molecule has 2 aromatic rings. The van der Waals surface area contributed by atoms with Crippen LogP contribution in [0.3, 0.4) is 0 Å². The second-order valence-corrected chi connectivity index (χ2v) is 4.72. The lowest BCUT2D eigenvalue weighted by Crippen LogP contribution is -2.20. The van der Waals surface area contributed by atoms with Gasteiger partial charge in [0, 0.05) is 5.69 Å². The summed E-state index contributed by atoms with van der Waals surface area (Å²) in [4.78, 5) is 11.4. The Labute approximate surface area is 126 Å². The van der Waals surface area contributed by atoms with E-state index in [9.17, 15) is 14.3 Å². The second-order valence-electron chi connectivity index (χ2n) is 4.32. The summed E-state index contributed by atoms with van der Waals surface area (Å²) in [5.74, 6) is -1.12. The van der Waals surface area contributed by atoms with Gasteiger partial charge in [-0.05, 0) is 42.0 Å². The van der Waals surface area contributed by atoms with E-state index in [4.69, 9.17) is 16.3 Å². The molecule has 0 radical (unpaired) electrons. The van der Waals surface area contributed by atoms with Crippen LogP contribution in [0.1, 0.15) is 11.6 Å². The minimum Gasteiger partial charge on any atom is -0.497 e. The maximum absolute atomic E-state index is 13.5. The van der Waals surface area contributed by atoms with Crippen LogP contribution in [-0.2, 0) is 4.79 Å². The average Bonchev–Trinajstić information content (AvgIpc) is 2.48. The Bertz CT molecular complexity index is 646. The molecular formula is C15H13ClFNO3. The van der Waals surface area contributed by atoms with Gasteiger partial charge in [0.1, 0.15) is 11.6 Å². The van der Waals surface area contributed by atoms with Crippen LogP contribution in [0, 0.1) is 5.82 Å². The zero-order valence-corrected chi connectivity index (χ0v) is 11.9. The predicted octanol–water partition coefficient (Wildman–Crippen LogP) is 3.73. The van der Waals surface area contributed by atoms with Crippen molar-refractivity contribution in [1.29, 1.82) is 0 Å². The summed E-state index contributed by atoms with van der Waals surface area (Å²) in [6.07, 6.45) is 0. The number of hydrogen-bond donors (Lipinski definition) is 2. The number of methoxy groups -OCH3 is 1. The maximum Gasteiger partial charge on any atom is 0.330 e. The van der Waals surface area contributed by atoms with Crippen molar-refractivity contribution in [1.82, 2.24) is 0 Å². The lowest BCUT2D eigenvalue weighted by molar-refractivity contribution is -0.138. The van der Waals surface area contributed by atoms with Crippen LogP contribution in [0.25, 0.3) is 0 Å². The molecule has 0 fully saturated rings. The summed E-state index contributed by atoms with van der Waals surface area (Å²) in [5, 5.41) is 12.1. The standard InChI is InChI=1S/C15H13ClFNO3/c1-21-11-5-3-10(4-6-11)18-14(15(19)20)9-2-7-12(16)13(17)8-9/h2-8,14,18H,1H3,(H,19,20). The third-order valence-corrected chi connectivity index (χ3v) is 3.23. The van der Waals surface area contributed by atoms with Gasteiger partial charge in [-0.2, -0.15) is 0 Å². The molecule has 0 amide bonds. The quantitative estimate of drug-likeness (QED) is 0.883. The van der Waals surface area contributed by atoms with E-state index >= 15 is 0 Å². The molecule has 21 heavy (non-hydrogen) atoms. The van der Waals surface area contributed by atoms with E-state index in [0.29, 0.717) is 11.4 Å².